The molecule has 0 fully saturated rings. The van der Waals surface area contributed by atoms with Crippen LogP contribution in [0.4, 0.5) is 0 Å². The molecule has 3 atom stereocenters. The van der Waals surface area contributed by atoms with Crippen molar-refractivity contribution in [2.75, 3.05) is 26.4 Å². The van der Waals surface area contributed by atoms with Crippen LogP contribution in [0, 0.1) is 0 Å². The minimum atomic E-state index is -4.74. The summed E-state index contributed by atoms with van der Waals surface area (Å²) in [5.41, 5.74) is 0. The van der Waals surface area contributed by atoms with Gasteiger partial charge in [-0.3, -0.25) is 23.4 Å². The lowest BCUT2D eigenvalue weighted by molar-refractivity contribution is -0.161. The van der Waals surface area contributed by atoms with E-state index in [0.717, 1.165) is 77.0 Å². The molecule has 0 spiro atoms. The number of hydrogen-bond acceptors (Lipinski definition) is 10. The van der Waals surface area contributed by atoms with E-state index in [4.69, 9.17) is 23.3 Å². The first-order chi connectivity index (χ1) is 34.2. The fourth-order valence-electron chi connectivity index (χ4n) is 8.35. The predicted molar refractivity (Wildman–Crippen MR) is 289 cm³/mol. The first-order valence-electron chi connectivity index (χ1n) is 29.2. The average molecular weight is 1010 g/mol. The van der Waals surface area contributed by atoms with Gasteiger partial charge in [-0.2, -0.15) is 0 Å². The van der Waals surface area contributed by atoms with E-state index >= 15 is 0 Å². The number of carbonyl (C=O) groups is 3. The van der Waals surface area contributed by atoms with Crippen LogP contribution in [-0.4, -0.2) is 66.5 Å². The molecule has 0 radical (unpaired) electrons. The van der Waals surface area contributed by atoms with E-state index < -0.39 is 57.8 Å². The summed E-state index contributed by atoms with van der Waals surface area (Å²) < 4.78 is 39.5. The molecule has 0 bridgehead atoms. The van der Waals surface area contributed by atoms with Crippen LogP contribution >= 0.6 is 7.82 Å². The zero-order valence-electron chi connectivity index (χ0n) is 45.5. The van der Waals surface area contributed by atoms with Gasteiger partial charge in [0.1, 0.15) is 12.7 Å². The lowest BCUT2D eigenvalue weighted by Gasteiger charge is -2.21. The van der Waals surface area contributed by atoms with Crippen LogP contribution in [0.5, 0.6) is 0 Å². The number of esters is 3. The van der Waals surface area contributed by atoms with Crippen LogP contribution in [0.3, 0.4) is 0 Å². The summed E-state index contributed by atoms with van der Waals surface area (Å²) in [5, 5.41) is 9.77. The Labute approximate surface area is 429 Å². The lowest BCUT2D eigenvalue weighted by atomic mass is 10.1. The van der Waals surface area contributed by atoms with Gasteiger partial charge in [-0.15, -0.1) is 0 Å². The summed E-state index contributed by atoms with van der Waals surface area (Å²) in [6.45, 7) is 4.64. The number of ether oxygens (including phenoxy) is 3. The van der Waals surface area contributed by atoms with Crippen LogP contribution in [-0.2, 0) is 42.2 Å². The molecule has 0 saturated carbocycles. The number of aliphatic hydroxyl groups is 1. The maximum atomic E-state index is 12.9. The Bertz CT molecular complexity index is 1270. The van der Waals surface area contributed by atoms with E-state index in [2.05, 4.69) is 45.1 Å². The average Bonchev–Trinajstić information content (AvgIpc) is 3.35. The molecular weight excluding hydrogens is 904 g/mol. The molecule has 0 heterocycles. The highest BCUT2D eigenvalue weighted by Crippen LogP contribution is 2.43. The van der Waals surface area contributed by atoms with Gasteiger partial charge < -0.3 is 24.2 Å². The Morgan fingerprint density at radius 1 is 0.386 bits per heavy atom. The Kier molecular flexibility index (Phi) is 51.7. The molecule has 70 heavy (non-hydrogen) atoms. The summed E-state index contributed by atoms with van der Waals surface area (Å²) in [7, 11) is -4.74. The fraction of sp³-hybridized carbons (Fsp3) is 0.879. The van der Waals surface area contributed by atoms with Crippen LogP contribution in [0.1, 0.15) is 290 Å². The van der Waals surface area contributed by atoms with Crippen molar-refractivity contribution in [3.8, 4) is 0 Å². The summed E-state index contributed by atoms with van der Waals surface area (Å²) in [6, 6.07) is 0. The zero-order chi connectivity index (χ0) is 51.3. The Hall–Kier alpha value is -2.04. The zero-order valence-corrected chi connectivity index (χ0v) is 46.4. The smallest absolute Gasteiger partial charge is 0.462 e. The van der Waals surface area contributed by atoms with Crippen LogP contribution in [0.25, 0.3) is 0 Å². The second-order valence-corrected chi connectivity index (χ2v) is 21.3. The van der Waals surface area contributed by atoms with Crippen LogP contribution < -0.4 is 0 Å². The Morgan fingerprint density at radius 2 is 0.657 bits per heavy atom. The minimum Gasteiger partial charge on any atom is -0.462 e. The SMILES string of the molecule is CCCCCCCC/C=C\CCCCCCCCCCCC(=O)OC(COC(=O)CCCCCCC/C=C\CCCCCCCC)COP(=O)(O)OCC(CO)OC(=O)CCCCCCCCCCC. The molecule has 3 unspecified atom stereocenters. The topological polar surface area (TPSA) is 155 Å². The number of phosphoric acid groups is 1. The summed E-state index contributed by atoms with van der Waals surface area (Å²) >= 11 is 0. The number of allylic oxidation sites excluding steroid dienone is 4. The normalized spacial score (nSPS) is 13.5. The molecule has 0 aromatic carbocycles. The van der Waals surface area contributed by atoms with Gasteiger partial charge in [0.25, 0.3) is 0 Å². The van der Waals surface area contributed by atoms with Crippen molar-refractivity contribution >= 4 is 25.7 Å². The van der Waals surface area contributed by atoms with Crippen molar-refractivity contribution in [3.63, 3.8) is 0 Å². The second kappa shape index (κ2) is 53.3. The molecule has 0 aliphatic carbocycles. The van der Waals surface area contributed by atoms with Gasteiger partial charge in [-0.25, -0.2) is 4.57 Å². The number of hydrogen-bond donors (Lipinski definition) is 2. The van der Waals surface area contributed by atoms with Crippen molar-refractivity contribution < 1.29 is 52.2 Å². The molecule has 11 nitrogen and oxygen atoms in total. The number of unbranched alkanes of at least 4 members (excludes halogenated alkanes) is 34. The van der Waals surface area contributed by atoms with Crippen molar-refractivity contribution in [3.05, 3.63) is 24.3 Å². The highest BCUT2D eigenvalue weighted by atomic mass is 31.2. The van der Waals surface area contributed by atoms with Gasteiger partial charge in [0.05, 0.1) is 19.8 Å². The quantitative estimate of drug-likeness (QED) is 0.0197. The standard InChI is InChI=1S/C58H109O11P/c1-4-7-10-13-16-19-21-23-25-26-27-28-30-32-34-37-40-43-46-49-58(62)69-55(51-65-56(60)47-44-41-38-36-33-31-29-24-22-20-17-14-11-8-5-2)53-67-70(63,64)66-52-54(50-59)68-57(61)48-45-42-39-35-18-15-12-9-6-3/h23-25,29,54-55,59H,4-22,26-28,30-53H2,1-3H3,(H,63,64)/b25-23-,29-24-. The van der Waals surface area contributed by atoms with Gasteiger partial charge >= 0.3 is 25.7 Å². The number of carbonyl (C=O) groups excluding carboxylic acids is 3. The summed E-state index contributed by atoms with van der Waals surface area (Å²) in [4.78, 5) is 48.4. The molecule has 412 valence electrons. The van der Waals surface area contributed by atoms with Gasteiger partial charge in [0, 0.05) is 19.3 Å². The third-order valence-corrected chi connectivity index (χ3v) is 13.8. The van der Waals surface area contributed by atoms with Crippen molar-refractivity contribution in [2.45, 2.75) is 303 Å². The number of rotatable bonds is 55. The van der Waals surface area contributed by atoms with Gasteiger partial charge in [-0.1, -0.05) is 225 Å². The van der Waals surface area contributed by atoms with Crippen molar-refractivity contribution in [1.29, 1.82) is 0 Å². The first kappa shape index (κ1) is 68.0. The molecule has 0 saturated heterocycles. The summed E-state index contributed by atoms with van der Waals surface area (Å²) in [5.74, 6) is -1.46. The van der Waals surface area contributed by atoms with Gasteiger partial charge in [-0.05, 0) is 70.6 Å². The van der Waals surface area contributed by atoms with Gasteiger partial charge in [0.2, 0.25) is 0 Å². The van der Waals surface area contributed by atoms with Crippen LogP contribution in [0.2, 0.25) is 0 Å². The highest BCUT2D eigenvalue weighted by Gasteiger charge is 2.28. The third-order valence-electron chi connectivity index (χ3n) is 12.8. The number of phosphoric ester groups is 1. The molecule has 0 aromatic heterocycles. The van der Waals surface area contributed by atoms with E-state index in [1.807, 2.05) is 0 Å². The maximum Gasteiger partial charge on any atom is 0.472 e. The van der Waals surface area contributed by atoms with E-state index in [1.165, 1.54) is 154 Å². The molecule has 12 heteroatoms. The predicted octanol–water partition coefficient (Wildman–Crippen LogP) is 17.0. The molecule has 0 aliphatic heterocycles. The largest absolute Gasteiger partial charge is 0.472 e. The first-order valence-corrected chi connectivity index (χ1v) is 30.7. The van der Waals surface area contributed by atoms with Crippen molar-refractivity contribution in [1.82, 2.24) is 0 Å². The van der Waals surface area contributed by atoms with Gasteiger partial charge in [0.15, 0.2) is 6.10 Å². The fourth-order valence-corrected chi connectivity index (χ4v) is 9.13. The molecule has 0 aromatic rings. The Morgan fingerprint density at radius 3 is 0.986 bits per heavy atom. The highest BCUT2D eigenvalue weighted by molar-refractivity contribution is 7.47. The summed E-state index contributed by atoms with van der Waals surface area (Å²) in [6.07, 6.45) is 52.9. The van der Waals surface area contributed by atoms with E-state index in [9.17, 15) is 28.9 Å². The van der Waals surface area contributed by atoms with Crippen molar-refractivity contribution in [2.24, 2.45) is 0 Å². The monoisotopic (exact) mass is 1010 g/mol. The molecular formula is C58H109O11P. The second-order valence-electron chi connectivity index (χ2n) is 19.8. The molecule has 0 amide bonds. The Balaban J connectivity index is 4.68. The molecule has 0 rings (SSSR count). The maximum absolute atomic E-state index is 12.9. The third kappa shape index (κ3) is 50.9. The van der Waals surface area contributed by atoms with Crippen LogP contribution in [0.15, 0.2) is 24.3 Å². The minimum absolute atomic E-state index is 0.168. The number of aliphatic hydroxyl groups excluding tert-OH is 1. The van der Waals surface area contributed by atoms with E-state index in [1.54, 1.807) is 0 Å². The van der Waals surface area contributed by atoms with E-state index in [0.29, 0.717) is 19.3 Å². The van der Waals surface area contributed by atoms with E-state index in [-0.39, 0.29) is 25.9 Å². The lowest BCUT2D eigenvalue weighted by Crippen LogP contribution is -2.30. The molecule has 2 N–H and O–H groups in total. The molecule has 0 aliphatic rings.